The van der Waals surface area contributed by atoms with E-state index in [9.17, 15) is 5.11 Å². The molecule has 1 unspecified atom stereocenters. The zero-order valence-corrected chi connectivity index (χ0v) is 11.0. The molecule has 0 aliphatic carbocycles. The normalized spacial score (nSPS) is 12.1. The molecule has 0 bridgehead atoms. The van der Waals surface area contributed by atoms with Gasteiger partial charge in [-0.25, -0.2) is 0 Å². The van der Waals surface area contributed by atoms with Crippen molar-refractivity contribution in [2.24, 2.45) is 0 Å². The van der Waals surface area contributed by atoms with Crippen LogP contribution in [-0.4, -0.2) is 10.2 Å². The Labute approximate surface area is 113 Å². The van der Waals surface area contributed by atoms with E-state index in [1.165, 1.54) is 0 Å². The number of aliphatic hydroxyl groups excluding tert-OH is 1. The summed E-state index contributed by atoms with van der Waals surface area (Å²) in [6.07, 6.45) is 0.874. The summed E-state index contributed by atoms with van der Waals surface area (Å²) in [5.74, 6) is 0.314. The molecule has 0 aromatic heterocycles. The first-order valence-corrected chi connectivity index (χ1v) is 6.48. The van der Waals surface area contributed by atoms with Gasteiger partial charge in [0, 0.05) is 11.3 Å². The fraction of sp³-hybridized carbons (Fsp3) is 0.250. The van der Waals surface area contributed by atoms with Gasteiger partial charge in [-0.2, -0.15) is 0 Å². The van der Waals surface area contributed by atoms with E-state index in [2.05, 4.69) is 12.2 Å². The van der Waals surface area contributed by atoms with Crippen LogP contribution in [0.2, 0.25) is 0 Å². The van der Waals surface area contributed by atoms with Crippen molar-refractivity contribution < 1.29 is 10.2 Å². The van der Waals surface area contributed by atoms with Crippen molar-refractivity contribution in [2.45, 2.75) is 26.0 Å². The van der Waals surface area contributed by atoms with Gasteiger partial charge >= 0.3 is 0 Å². The standard InChI is InChI=1S/C16H19NO2/c1-2-15(14-5-3-4-6-16(14)19)17-13-9-7-12(11-18)8-10-13/h3-10,15,17-19H,2,11H2,1H3. The highest BCUT2D eigenvalue weighted by molar-refractivity contribution is 5.48. The van der Waals surface area contributed by atoms with E-state index in [1.807, 2.05) is 42.5 Å². The highest BCUT2D eigenvalue weighted by atomic mass is 16.3. The summed E-state index contributed by atoms with van der Waals surface area (Å²) in [6.45, 7) is 2.13. The van der Waals surface area contributed by atoms with Gasteiger partial charge < -0.3 is 15.5 Å². The third-order valence-corrected chi connectivity index (χ3v) is 3.20. The molecule has 19 heavy (non-hydrogen) atoms. The molecule has 0 aliphatic heterocycles. The molecule has 100 valence electrons. The van der Waals surface area contributed by atoms with Gasteiger partial charge in [-0.05, 0) is 30.2 Å². The van der Waals surface area contributed by atoms with Crippen molar-refractivity contribution in [1.82, 2.24) is 0 Å². The molecular weight excluding hydrogens is 238 g/mol. The van der Waals surface area contributed by atoms with Crippen LogP contribution in [-0.2, 0) is 6.61 Å². The number of hydrogen-bond acceptors (Lipinski definition) is 3. The van der Waals surface area contributed by atoms with Crippen LogP contribution < -0.4 is 5.32 Å². The number of phenols is 1. The molecule has 3 N–H and O–H groups in total. The van der Waals surface area contributed by atoms with Crippen molar-refractivity contribution in [3.8, 4) is 5.75 Å². The van der Waals surface area contributed by atoms with E-state index in [0.717, 1.165) is 23.2 Å². The average Bonchev–Trinajstić information content (AvgIpc) is 2.46. The molecule has 0 heterocycles. The van der Waals surface area contributed by atoms with Crippen molar-refractivity contribution in [2.75, 3.05) is 5.32 Å². The largest absolute Gasteiger partial charge is 0.508 e. The van der Waals surface area contributed by atoms with Gasteiger partial charge in [0.1, 0.15) is 5.75 Å². The van der Waals surface area contributed by atoms with Crippen molar-refractivity contribution in [3.63, 3.8) is 0 Å². The summed E-state index contributed by atoms with van der Waals surface area (Å²) in [4.78, 5) is 0. The lowest BCUT2D eigenvalue weighted by Gasteiger charge is -2.20. The van der Waals surface area contributed by atoms with E-state index >= 15 is 0 Å². The number of anilines is 1. The number of hydrogen-bond donors (Lipinski definition) is 3. The van der Waals surface area contributed by atoms with E-state index in [1.54, 1.807) is 6.07 Å². The Bertz CT molecular complexity index is 523. The van der Waals surface area contributed by atoms with Crippen molar-refractivity contribution in [3.05, 3.63) is 59.7 Å². The van der Waals surface area contributed by atoms with Crippen LogP contribution in [0.1, 0.15) is 30.5 Å². The minimum atomic E-state index is 0.0525. The minimum absolute atomic E-state index is 0.0525. The second kappa shape index (κ2) is 6.25. The van der Waals surface area contributed by atoms with Gasteiger partial charge in [0.05, 0.1) is 12.6 Å². The number of nitrogens with one attached hydrogen (secondary N) is 1. The van der Waals surface area contributed by atoms with Crippen LogP contribution >= 0.6 is 0 Å². The number of rotatable bonds is 5. The quantitative estimate of drug-likeness (QED) is 0.769. The van der Waals surface area contributed by atoms with E-state index < -0.39 is 0 Å². The monoisotopic (exact) mass is 257 g/mol. The summed E-state index contributed by atoms with van der Waals surface area (Å²) in [6, 6.07) is 15.1. The van der Waals surface area contributed by atoms with Crippen molar-refractivity contribution >= 4 is 5.69 Å². The maximum absolute atomic E-state index is 9.90. The van der Waals surface area contributed by atoms with E-state index in [0.29, 0.717) is 5.75 Å². The first-order chi connectivity index (χ1) is 9.24. The van der Waals surface area contributed by atoms with Crippen LogP contribution in [0.5, 0.6) is 5.75 Å². The average molecular weight is 257 g/mol. The molecule has 0 amide bonds. The zero-order chi connectivity index (χ0) is 13.7. The molecule has 2 aromatic rings. The van der Waals surface area contributed by atoms with E-state index in [4.69, 9.17) is 5.11 Å². The highest BCUT2D eigenvalue weighted by Crippen LogP contribution is 2.29. The van der Waals surface area contributed by atoms with Crippen molar-refractivity contribution in [1.29, 1.82) is 0 Å². The molecule has 3 nitrogen and oxygen atoms in total. The predicted molar refractivity (Wildman–Crippen MR) is 77.1 cm³/mol. The zero-order valence-electron chi connectivity index (χ0n) is 11.0. The Morgan fingerprint density at radius 3 is 2.32 bits per heavy atom. The Balaban J connectivity index is 2.17. The third-order valence-electron chi connectivity index (χ3n) is 3.20. The Hall–Kier alpha value is -2.00. The van der Waals surface area contributed by atoms with E-state index in [-0.39, 0.29) is 12.6 Å². The lowest BCUT2D eigenvalue weighted by atomic mass is 10.0. The predicted octanol–water partition coefficient (Wildman–Crippen LogP) is 3.45. The smallest absolute Gasteiger partial charge is 0.120 e. The van der Waals surface area contributed by atoms with Gasteiger partial charge in [0.15, 0.2) is 0 Å². The van der Waals surface area contributed by atoms with Gasteiger partial charge in [0.25, 0.3) is 0 Å². The molecule has 3 heteroatoms. The number of para-hydroxylation sites is 1. The summed E-state index contributed by atoms with van der Waals surface area (Å²) in [5, 5.41) is 22.3. The second-order valence-corrected chi connectivity index (χ2v) is 4.52. The molecule has 0 aliphatic rings. The topological polar surface area (TPSA) is 52.5 Å². The summed E-state index contributed by atoms with van der Waals surface area (Å²) < 4.78 is 0. The lowest BCUT2D eigenvalue weighted by molar-refractivity contribution is 0.282. The SMILES string of the molecule is CCC(Nc1ccc(CO)cc1)c1ccccc1O. The molecule has 0 fully saturated rings. The fourth-order valence-corrected chi connectivity index (χ4v) is 2.09. The van der Waals surface area contributed by atoms with Gasteiger partial charge in [-0.1, -0.05) is 37.3 Å². The first-order valence-electron chi connectivity index (χ1n) is 6.48. The Morgan fingerprint density at radius 2 is 1.74 bits per heavy atom. The fourth-order valence-electron chi connectivity index (χ4n) is 2.09. The second-order valence-electron chi connectivity index (χ2n) is 4.52. The molecule has 2 aromatic carbocycles. The maximum atomic E-state index is 9.90. The molecule has 0 radical (unpaired) electrons. The van der Waals surface area contributed by atoms with Crippen LogP contribution in [0.25, 0.3) is 0 Å². The molecule has 0 spiro atoms. The lowest BCUT2D eigenvalue weighted by Crippen LogP contribution is -2.09. The van der Waals surface area contributed by atoms with Gasteiger partial charge in [-0.15, -0.1) is 0 Å². The van der Waals surface area contributed by atoms with Crippen LogP contribution in [0, 0.1) is 0 Å². The maximum Gasteiger partial charge on any atom is 0.120 e. The number of benzene rings is 2. The number of phenolic OH excluding ortho intramolecular Hbond substituents is 1. The Morgan fingerprint density at radius 1 is 1.05 bits per heavy atom. The van der Waals surface area contributed by atoms with Crippen LogP contribution in [0.3, 0.4) is 0 Å². The molecule has 0 saturated heterocycles. The first kappa shape index (κ1) is 13.4. The summed E-state index contributed by atoms with van der Waals surface area (Å²) in [5.41, 5.74) is 2.77. The molecule has 0 saturated carbocycles. The van der Waals surface area contributed by atoms with Crippen LogP contribution in [0.4, 0.5) is 5.69 Å². The summed E-state index contributed by atoms with van der Waals surface area (Å²) >= 11 is 0. The third kappa shape index (κ3) is 3.26. The number of aliphatic hydroxyl groups is 1. The number of aromatic hydroxyl groups is 1. The molecular formula is C16H19NO2. The van der Waals surface area contributed by atoms with Crippen LogP contribution in [0.15, 0.2) is 48.5 Å². The Kier molecular flexibility index (Phi) is 4.42. The molecule has 1 atom stereocenters. The highest BCUT2D eigenvalue weighted by Gasteiger charge is 2.12. The summed E-state index contributed by atoms with van der Waals surface area (Å²) in [7, 11) is 0. The minimum Gasteiger partial charge on any atom is -0.508 e. The van der Waals surface area contributed by atoms with Gasteiger partial charge in [0.2, 0.25) is 0 Å². The van der Waals surface area contributed by atoms with Gasteiger partial charge in [-0.3, -0.25) is 0 Å². The molecule has 2 rings (SSSR count).